The van der Waals surface area contributed by atoms with Crippen molar-refractivity contribution < 1.29 is 17.9 Å². The Labute approximate surface area is 107 Å². The van der Waals surface area contributed by atoms with Gasteiger partial charge in [0.05, 0.1) is 0 Å². The molecule has 0 bridgehead atoms. The number of aromatic nitrogens is 1. The van der Waals surface area contributed by atoms with E-state index in [1.807, 2.05) is 0 Å². The van der Waals surface area contributed by atoms with E-state index in [0.29, 0.717) is 16.9 Å². The summed E-state index contributed by atoms with van der Waals surface area (Å²) < 4.78 is 41.0. The van der Waals surface area contributed by atoms with Gasteiger partial charge in [-0.25, -0.2) is 4.98 Å². The van der Waals surface area contributed by atoms with Gasteiger partial charge in [-0.2, -0.15) is 0 Å². The third kappa shape index (κ3) is 3.15. The zero-order valence-corrected chi connectivity index (χ0v) is 10.0. The van der Waals surface area contributed by atoms with Crippen LogP contribution in [0.15, 0.2) is 36.5 Å². The molecule has 0 aliphatic heterocycles. The molecule has 2 N–H and O–H groups in total. The van der Waals surface area contributed by atoms with Crippen LogP contribution in [0.3, 0.4) is 0 Å². The fraction of sp³-hybridized carbons (Fsp3) is 0.154. The normalized spacial score (nSPS) is 11.4. The highest BCUT2D eigenvalue weighted by Crippen LogP contribution is 2.35. The second-order valence-electron chi connectivity index (χ2n) is 3.97. The summed E-state index contributed by atoms with van der Waals surface area (Å²) in [5.74, 6) is 0.0557. The quantitative estimate of drug-likeness (QED) is 0.906. The molecule has 0 aliphatic carbocycles. The van der Waals surface area contributed by atoms with Crippen molar-refractivity contribution in [2.24, 2.45) is 0 Å². The van der Waals surface area contributed by atoms with Crippen LogP contribution in [0.4, 0.5) is 19.0 Å². The maximum absolute atomic E-state index is 12.3. The first-order chi connectivity index (χ1) is 8.87. The van der Waals surface area contributed by atoms with Crippen molar-refractivity contribution in [3.8, 4) is 16.9 Å². The summed E-state index contributed by atoms with van der Waals surface area (Å²) >= 11 is 0. The van der Waals surface area contributed by atoms with Crippen molar-refractivity contribution >= 4 is 5.82 Å². The Morgan fingerprint density at radius 1 is 1.16 bits per heavy atom. The van der Waals surface area contributed by atoms with E-state index in [-0.39, 0.29) is 5.75 Å². The van der Waals surface area contributed by atoms with E-state index in [1.165, 1.54) is 18.3 Å². The summed E-state index contributed by atoms with van der Waals surface area (Å²) in [5, 5.41) is 0. The predicted molar refractivity (Wildman–Crippen MR) is 65.5 cm³/mol. The molecule has 0 radical (unpaired) electrons. The van der Waals surface area contributed by atoms with Crippen LogP contribution >= 0.6 is 0 Å². The van der Waals surface area contributed by atoms with Crippen LogP contribution in [-0.4, -0.2) is 11.3 Å². The average Bonchev–Trinajstić information content (AvgIpc) is 2.28. The van der Waals surface area contributed by atoms with E-state index in [9.17, 15) is 13.2 Å². The molecule has 19 heavy (non-hydrogen) atoms. The second-order valence-corrected chi connectivity index (χ2v) is 3.97. The van der Waals surface area contributed by atoms with Crippen molar-refractivity contribution in [1.29, 1.82) is 0 Å². The fourth-order valence-electron chi connectivity index (χ4n) is 1.76. The SMILES string of the molecule is Cc1cc(N)ncc1-c1ccccc1OC(F)(F)F. The largest absolute Gasteiger partial charge is 0.573 e. The van der Waals surface area contributed by atoms with Gasteiger partial charge in [0.25, 0.3) is 0 Å². The Morgan fingerprint density at radius 2 is 1.84 bits per heavy atom. The van der Waals surface area contributed by atoms with Crippen molar-refractivity contribution in [3.05, 3.63) is 42.1 Å². The van der Waals surface area contributed by atoms with Gasteiger partial charge < -0.3 is 10.5 Å². The molecule has 0 fully saturated rings. The topological polar surface area (TPSA) is 48.1 Å². The lowest BCUT2D eigenvalue weighted by Crippen LogP contribution is -2.17. The molecule has 0 saturated heterocycles. The number of nitrogen functional groups attached to an aromatic ring is 1. The number of nitrogens with two attached hydrogens (primary N) is 1. The number of alkyl halides is 3. The van der Waals surface area contributed by atoms with E-state index < -0.39 is 6.36 Å². The van der Waals surface area contributed by atoms with Crippen molar-refractivity contribution in [2.45, 2.75) is 13.3 Å². The van der Waals surface area contributed by atoms with E-state index in [0.717, 1.165) is 5.56 Å². The summed E-state index contributed by atoms with van der Waals surface area (Å²) in [6.07, 6.45) is -3.30. The summed E-state index contributed by atoms with van der Waals surface area (Å²) in [7, 11) is 0. The minimum absolute atomic E-state index is 0.260. The number of benzene rings is 1. The Balaban J connectivity index is 2.50. The predicted octanol–water partition coefficient (Wildman–Crippen LogP) is 3.54. The molecular weight excluding hydrogens is 257 g/mol. The third-order valence-electron chi connectivity index (χ3n) is 2.53. The monoisotopic (exact) mass is 268 g/mol. The maximum atomic E-state index is 12.3. The first-order valence-electron chi connectivity index (χ1n) is 5.44. The highest BCUT2D eigenvalue weighted by atomic mass is 19.4. The summed E-state index contributed by atoms with van der Waals surface area (Å²) in [5.41, 5.74) is 7.12. The lowest BCUT2D eigenvalue weighted by Gasteiger charge is -2.14. The molecule has 100 valence electrons. The van der Waals surface area contributed by atoms with Crippen LogP contribution in [0.5, 0.6) is 5.75 Å². The number of hydrogen-bond acceptors (Lipinski definition) is 3. The van der Waals surface area contributed by atoms with Gasteiger partial charge in [0.1, 0.15) is 11.6 Å². The smallest absolute Gasteiger partial charge is 0.405 e. The second kappa shape index (κ2) is 4.79. The van der Waals surface area contributed by atoms with E-state index >= 15 is 0 Å². The van der Waals surface area contributed by atoms with Gasteiger partial charge in [-0.15, -0.1) is 13.2 Å². The Hall–Kier alpha value is -2.24. The van der Waals surface area contributed by atoms with E-state index in [1.54, 1.807) is 25.1 Å². The molecular formula is C13H11F3N2O. The first-order valence-corrected chi connectivity index (χ1v) is 5.44. The van der Waals surface area contributed by atoms with Crippen molar-refractivity contribution in [1.82, 2.24) is 4.98 Å². The van der Waals surface area contributed by atoms with E-state index in [4.69, 9.17) is 5.73 Å². The van der Waals surface area contributed by atoms with Crippen molar-refractivity contribution in [3.63, 3.8) is 0 Å². The number of para-hydroxylation sites is 1. The van der Waals surface area contributed by atoms with Crippen LogP contribution in [0.1, 0.15) is 5.56 Å². The summed E-state index contributed by atoms with van der Waals surface area (Å²) in [6, 6.07) is 7.51. The van der Waals surface area contributed by atoms with Crippen LogP contribution in [0, 0.1) is 6.92 Å². The number of pyridine rings is 1. The molecule has 0 spiro atoms. The summed E-state index contributed by atoms with van der Waals surface area (Å²) in [4.78, 5) is 3.89. The number of rotatable bonds is 2. The lowest BCUT2D eigenvalue weighted by atomic mass is 10.0. The molecule has 0 amide bonds. The van der Waals surface area contributed by atoms with Gasteiger partial charge in [0.15, 0.2) is 0 Å². The third-order valence-corrected chi connectivity index (χ3v) is 2.53. The minimum atomic E-state index is -4.73. The van der Waals surface area contributed by atoms with Gasteiger partial charge in [0, 0.05) is 17.3 Å². The van der Waals surface area contributed by atoms with Crippen molar-refractivity contribution in [2.75, 3.05) is 5.73 Å². The molecule has 2 rings (SSSR count). The van der Waals surface area contributed by atoms with Crippen LogP contribution in [0.25, 0.3) is 11.1 Å². The van der Waals surface area contributed by atoms with Gasteiger partial charge in [-0.3, -0.25) is 0 Å². The number of ether oxygens (including phenoxy) is 1. The molecule has 0 unspecified atom stereocenters. The number of aryl methyl sites for hydroxylation is 1. The highest BCUT2D eigenvalue weighted by molar-refractivity contribution is 5.73. The maximum Gasteiger partial charge on any atom is 0.573 e. The van der Waals surface area contributed by atoms with Crippen LogP contribution < -0.4 is 10.5 Å². The minimum Gasteiger partial charge on any atom is -0.405 e. The van der Waals surface area contributed by atoms with Crippen LogP contribution in [-0.2, 0) is 0 Å². The zero-order valence-electron chi connectivity index (χ0n) is 10.0. The Kier molecular flexibility index (Phi) is 3.33. The molecule has 1 aromatic carbocycles. The lowest BCUT2D eigenvalue weighted by molar-refractivity contribution is -0.274. The average molecular weight is 268 g/mol. The first kappa shape index (κ1) is 13.2. The summed E-state index contributed by atoms with van der Waals surface area (Å²) in [6.45, 7) is 1.75. The van der Waals surface area contributed by atoms with Crippen LogP contribution in [0.2, 0.25) is 0 Å². The molecule has 3 nitrogen and oxygen atoms in total. The fourth-order valence-corrected chi connectivity index (χ4v) is 1.76. The molecule has 0 atom stereocenters. The molecule has 0 aliphatic rings. The number of anilines is 1. The highest BCUT2D eigenvalue weighted by Gasteiger charge is 2.32. The number of halogens is 3. The van der Waals surface area contributed by atoms with Gasteiger partial charge in [0.2, 0.25) is 0 Å². The molecule has 0 saturated carbocycles. The van der Waals surface area contributed by atoms with Gasteiger partial charge >= 0.3 is 6.36 Å². The molecule has 1 heterocycles. The Morgan fingerprint density at radius 3 is 2.47 bits per heavy atom. The number of hydrogen-bond donors (Lipinski definition) is 1. The van der Waals surface area contributed by atoms with Gasteiger partial charge in [-0.05, 0) is 24.6 Å². The van der Waals surface area contributed by atoms with Gasteiger partial charge in [-0.1, -0.05) is 18.2 Å². The Bertz CT molecular complexity index is 597. The number of nitrogens with zero attached hydrogens (tertiary/aromatic N) is 1. The zero-order chi connectivity index (χ0) is 14.0. The standard InChI is InChI=1S/C13H11F3N2O/c1-8-6-12(17)18-7-10(8)9-4-2-3-5-11(9)19-13(14,15)16/h2-7H,1H3,(H2,17,18). The molecule has 2 aromatic rings. The van der Waals surface area contributed by atoms with E-state index in [2.05, 4.69) is 9.72 Å². The molecule has 6 heteroatoms. The molecule has 1 aromatic heterocycles.